The number of nitrogens with zero attached hydrogens (tertiary/aromatic N) is 1. The number of hydrogen-bond donors (Lipinski definition) is 1. The normalized spacial score (nSPS) is 24.2. The second-order valence-electron chi connectivity index (χ2n) is 6.74. The predicted molar refractivity (Wildman–Crippen MR) is 80.5 cm³/mol. The van der Waals surface area contributed by atoms with E-state index in [0.717, 1.165) is 44.7 Å². The molecule has 0 spiro atoms. The van der Waals surface area contributed by atoms with Crippen molar-refractivity contribution in [2.75, 3.05) is 39.4 Å². The summed E-state index contributed by atoms with van der Waals surface area (Å²) in [5.74, 6) is 1.73. The minimum Gasteiger partial charge on any atom is -0.379 e. The zero-order valence-electron chi connectivity index (χ0n) is 12.9. The summed E-state index contributed by atoms with van der Waals surface area (Å²) >= 11 is 0. The van der Waals surface area contributed by atoms with Gasteiger partial charge in [0.1, 0.15) is 0 Å². The molecule has 112 valence electrons. The standard InChI is InChI=1S/C16H32N2O/c1-14(2)11-16(18-7-9-19-10-8-18)13-17-12-15-5-3-4-6-15/h14-17H,3-13H2,1-2H3. The van der Waals surface area contributed by atoms with Crippen LogP contribution in [0.5, 0.6) is 0 Å². The maximum atomic E-state index is 5.48. The lowest BCUT2D eigenvalue weighted by Gasteiger charge is -2.35. The predicted octanol–water partition coefficient (Wildman–Crippen LogP) is 2.51. The Balaban J connectivity index is 1.72. The first-order valence-electron chi connectivity index (χ1n) is 8.28. The molecule has 3 heteroatoms. The summed E-state index contributed by atoms with van der Waals surface area (Å²) in [5.41, 5.74) is 0. The molecule has 1 aliphatic carbocycles. The van der Waals surface area contributed by atoms with Crippen molar-refractivity contribution in [3.63, 3.8) is 0 Å². The Hall–Kier alpha value is -0.120. The van der Waals surface area contributed by atoms with Crippen LogP contribution in [0.25, 0.3) is 0 Å². The van der Waals surface area contributed by atoms with Gasteiger partial charge in [-0.25, -0.2) is 0 Å². The van der Waals surface area contributed by atoms with Gasteiger partial charge in [0.25, 0.3) is 0 Å². The molecule has 1 heterocycles. The summed E-state index contributed by atoms with van der Waals surface area (Å²) in [4.78, 5) is 2.63. The number of nitrogens with one attached hydrogen (secondary N) is 1. The van der Waals surface area contributed by atoms with Gasteiger partial charge in [0, 0.05) is 25.7 Å². The van der Waals surface area contributed by atoms with Gasteiger partial charge in [0.05, 0.1) is 13.2 Å². The molecule has 1 unspecified atom stereocenters. The van der Waals surface area contributed by atoms with Gasteiger partial charge in [0.15, 0.2) is 0 Å². The van der Waals surface area contributed by atoms with Gasteiger partial charge >= 0.3 is 0 Å². The van der Waals surface area contributed by atoms with Crippen molar-refractivity contribution in [2.24, 2.45) is 11.8 Å². The van der Waals surface area contributed by atoms with Crippen LogP contribution in [0.3, 0.4) is 0 Å². The van der Waals surface area contributed by atoms with E-state index in [9.17, 15) is 0 Å². The zero-order chi connectivity index (χ0) is 13.5. The van der Waals surface area contributed by atoms with Crippen molar-refractivity contribution in [2.45, 2.75) is 52.0 Å². The van der Waals surface area contributed by atoms with Crippen molar-refractivity contribution in [3.05, 3.63) is 0 Å². The highest BCUT2D eigenvalue weighted by molar-refractivity contribution is 4.78. The molecule has 0 aromatic carbocycles. The highest BCUT2D eigenvalue weighted by atomic mass is 16.5. The van der Waals surface area contributed by atoms with Crippen LogP contribution in [-0.4, -0.2) is 50.3 Å². The summed E-state index contributed by atoms with van der Waals surface area (Å²) in [6.07, 6.45) is 7.09. The molecule has 0 bridgehead atoms. The minimum atomic E-state index is 0.699. The van der Waals surface area contributed by atoms with Gasteiger partial charge in [-0.1, -0.05) is 26.7 Å². The largest absolute Gasteiger partial charge is 0.379 e. The first kappa shape index (κ1) is 15.3. The first-order valence-corrected chi connectivity index (χ1v) is 8.28. The number of hydrogen-bond acceptors (Lipinski definition) is 3. The van der Waals surface area contributed by atoms with E-state index in [1.54, 1.807) is 0 Å². The average molecular weight is 268 g/mol. The fraction of sp³-hybridized carbons (Fsp3) is 1.00. The van der Waals surface area contributed by atoms with Crippen LogP contribution < -0.4 is 5.32 Å². The number of rotatable bonds is 7. The summed E-state index contributed by atoms with van der Waals surface area (Å²) < 4.78 is 5.48. The Morgan fingerprint density at radius 1 is 1.16 bits per heavy atom. The Kier molecular flexibility index (Phi) is 6.62. The molecule has 0 aromatic heterocycles. The number of ether oxygens (including phenoxy) is 1. The van der Waals surface area contributed by atoms with Crippen LogP contribution in [0.4, 0.5) is 0 Å². The molecule has 1 N–H and O–H groups in total. The topological polar surface area (TPSA) is 24.5 Å². The summed E-state index contributed by atoms with van der Waals surface area (Å²) in [6, 6.07) is 0.699. The minimum absolute atomic E-state index is 0.699. The van der Waals surface area contributed by atoms with E-state index in [2.05, 4.69) is 24.1 Å². The molecule has 2 fully saturated rings. The third-order valence-electron chi connectivity index (χ3n) is 4.59. The smallest absolute Gasteiger partial charge is 0.0594 e. The lowest BCUT2D eigenvalue weighted by Crippen LogP contribution is -2.48. The van der Waals surface area contributed by atoms with E-state index < -0.39 is 0 Å². The van der Waals surface area contributed by atoms with E-state index in [0.29, 0.717) is 6.04 Å². The molecule has 2 aliphatic rings. The van der Waals surface area contributed by atoms with E-state index >= 15 is 0 Å². The van der Waals surface area contributed by atoms with Gasteiger partial charge in [-0.15, -0.1) is 0 Å². The molecule has 0 aromatic rings. The molecule has 0 radical (unpaired) electrons. The van der Waals surface area contributed by atoms with Crippen molar-refractivity contribution in [1.29, 1.82) is 0 Å². The van der Waals surface area contributed by atoms with Gasteiger partial charge in [-0.3, -0.25) is 4.90 Å². The quantitative estimate of drug-likeness (QED) is 0.768. The fourth-order valence-electron chi connectivity index (χ4n) is 3.52. The Bertz CT molecular complexity index is 233. The second kappa shape index (κ2) is 8.23. The van der Waals surface area contributed by atoms with E-state index in [4.69, 9.17) is 4.74 Å². The van der Waals surface area contributed by atoms with Crippen molar-refractivity contribution in [1.82, 2.24) is 10.2 Å². The molecule has 3 nitrogen and oxygen atoms in total. The molecule has 2 rings (SSSR count). The van der Waals surface area contributed by atoms with Crippen LogP contribution in [0.15, 0.2) is 0 Å². The van der Waals surface area contributed by atoms with E-state index in [-0.39, 0.29) is 0 Å². The molecule has 1 saturated heterocycles. The maximum Gasteiger partial charge on any atom is 0.0594 e. The summed E-state index contributed by atoms with van der Waals surface area (Å²) in [5, 5.41) is 3.75. The van der Waals surface area contributed by atoms with Crippen LogP contribution >= 0.6 is 0 Å². The molecule has 0 amide bonds. The molecule has 1 aliphatic heterocycles. The van der Waals surface area contributed by atoms with Crippen molar-refractivity contribution >= 4 is 0 Å². The molecular formula is C16H32N2O. The summed E-state index contributed by atoms with van der Waals surface area (Å²) in [6.45, 7) is 11.1. The molecule has 1 saturated carbocycles. The zero-order valence-corrected chi connectivity index (χ0v) is 12.9. The SMILES string of the molecule is CC(C)CC(CNCC1CCCC1)N1CCOCC1. The van der Waals surface area contributed by atoms with Crippen molar-refractivity contribution in [3.8, 4) is 0 Å². The van der Waals surface area contributed by atoms with Gasteiger partial charge in [0.2, 0.25) is 0 Å². The molecular weight excluding hydrogens is 236 g/mol. The van der Waals surface area contributed by atoms with E-state index in [1.807, 2.05) is 0 Å². The lowest BCUT2D eigenvalue weighted by atomic mass is 10.0. The lowest BCUT2D eigenvalue weighted by molar-refractivity contribution is 0.0122. The Morgan fingerprint density at radius 2 is 1.84 bits per heavy atom. The van der Waals surface area contributed by atoms with Crippen molar-refractivity contribution < 1.29 is 4.74 Å². The van der Waals surface area contributed by atoms with Crippen LogP contribution in [0.2, 0.25) is 0 Å². The third-order valence-corrected chi connectivity index (χ3v) is 4.59. The van der Waals surface area contributed by atoms with Crippen LogP contribution in [0, 0.1) is 11.8 Å². The Morgan fingerprint density at radius 3 is 2.47 bits per heavy atom. The molecule has 19 heavy (non-hydrogen) atoms. The highest BCUT2D eigenvalue weighted by Gasteiger charge is 2.22. The van der Waals surface area contributed by atoms with Crippen LogP contribution in [-0.2, 0) is 4.74 Å². The van der Waals surface area contributed by atoms with E-state index in [1.165, 1.54) is 38.6 Å². The fourth-order valence-corrected chi connectivity index (χ4v) is 3.52. The average Bonchev–Trinajstić information content (AvgIpc) is 2.91. The highest BCUT2D eigenvalue weighted by Crippen LogP contribution is 2.23. The van der Waals surface area contributed by atoms with Gasteiger partial charge in [-0.05, 0) is 37.6 Å². The summed E-state index contributed by atoms with van der Waals surface area (Å²) in [7, 11) is 0. The Labute approximate surface area is 119 Å². The van der Waals surface area contributed by atoms with Gasteiger partial charge in [-0.2, -0.15) is 0 Å². The molecule has 1 atom stereocenters. The number of morpholine rings is 1. The van der Waals surface area contributed by atoms with Crippen LogP contribution in [0.1, 0.15) is 46.0 Å². The maximum absolute atomic E-state index is 5.48. The third kappa shape index (κ3) is 5.41. The second-order valence-corrected chi connectivity index (χ2v) is 6.74. The first-order chi connectivity index (χ1) is 9.25. The monoisotopic (exact) mass is 268 g/mol. The van der Waals surface area contributed by atoms with Gasteiger partial charge < -0.3 is 10.1 Å².